The molecule has 16 heteroatoms. The number of likely N-dealkylation sites (N-methyl/N-ethyl adjacent to an activating group) is 1. The molecule has 10 nitrogen and oxygen atoms in total. The number of carboxylic acids is 2. The molecule has 2 aliphatic rings. The number of carboxylic acid groups (broad SMARTS) is 2. The molecule has 0 atom stereocenters. The highest BCUT2D eigenvalue weighted by atomic mass is 19.4. The number of piperazine rings is 1. The molecule has 2 saturated heterocycles. The Morgan fingerprint density at radius 2 is 1.50 bits per heavy atom. The number of carbonyl (C=O) groups excluding carboxylic acids is 2. The number of piperidine rings is 1. The molecule has 1 aromatic rings. The number of rotatable bonds is 3. The van der Waals surface area contributed by atoms with Crippen LogP contribution >= 0.6 is 0 Å². The summed E-state index contributed by atoms with van der Waals surface area (Å²) in [5, 5.41) is 14.2. The van der Waals surface area contributed by atoms with Crippen molar-refractivity contribution in [2.24, 2.45) is 0 Å². The number of likely N-dealkylation sites (tertiary alicyclic amines) is 1. The molecule has 0 unspecified atom stereocenters. The van der Waals surface area contributed by atoms with Crippen LogP contribution in [-0.2, 0) is 14.4 Å². The first-order valence-electron chi connectivity index (χ1n) is 10.9. The van der Waals surface area contributed by atoms with Crippen molar-refractivity contribution in [2.75, 3.05) is 39.8 Å². The van der Waals surface area contributed by atoms with Crippen molar-refractivity contribution in [3.8, 4) is 0 Å². The molecule has 0 aliphatic carbocycles. The van der Waals surface area contributed by atoms with Gasteiger partial charge in [-0.2, -0.15) is 26.3 Å². The maximum Gasteiger partial charge on any atom is 0.490 e. The van der Waals surface area contributed by atoms with Crippen molar-refractivity contribution >= 4 is 23.8 Å². The first kappa shape index (κ1) is 32.3. The highest BCUT2D eigenvalue weighted by Crippen LogP contribution is 2.33. The van der Waals surface area contributed by atoms with E-state index in [4.69, 9.17) is 19.8 Å². The van der Waals surface area contributed by atoms with E-state index in [1.54, 1.807) is 29.3 Å². The van der Waals surface area contributed by atoms with Crippen molar-refractivity contribution in [2.45, 2.75) is 30.7 Å². The van der Waals surface area contributed by atoms with Gasteiger partial charge in [0.15, 0.2) is 0 Å². The molecular formula is C22H26F6N4O6. The number of amides is 2. The molecule has 0 saturated carbocycles. The van der Waals surface area contributed by atoms with Gasteiger partial charge in [0, 0.05) is 38.9 Å². The summed E-state index contributed by atoms with van der Waals surface area (Å²) in [6, 6.07) is 5.35. The van der Waals surface area contributed by atoms with Gasteiger partial charge in [0.1, 0.15) is 11.2 Å². The Balaban J connectivity index is 0.000000426. The summed E-state index contributed by atoms with van der Waals surface area (Å²) in [5.74, 6) is -5.40. The normalized spacial score (nSPS) is 17.5. The second-order valence-corrected chi connectivity index (χ2v) is 8.11. The summed E-state index contributed by atoms with van der Waals surface area (Å²) >= 11 is 0. The summed E-state index contributed by atoms with van der Waals surface area (Å²) in [7, 11) is 2.01. The largest absolute Gasteiger partial charge is 0.490 e. The molecule has 3 heterocycles. The van der Waals surface area contributed by atoms with Crippen LogP contribution in [0.1, 0.15) is 23.3 Å². The third-order valence-electron chi connectivity index (χ3n) is 5.72. The zero-order valence-electron chi connectivity index (χ0n) is 20.1. The Morgan fingerprint density at radius 3 is 1.89 bits per heavy atom. The van der Waals surface area contributed by atoms with Crippen molar-refractivity contribution in [1.82, 2.24) is 19.7 Å². The maximum absolute atomic E-state index is 13.0. The van der Waals surface area contributed by atoms with Gasteiger partial charge in [-0.05, 0) is 32.0 Å². The van der Waals surface area contributed by atoms with Crippen LogP contribution in [0.15, 0.2) is 37.1 Å². The minimum absolute atomic E-state index is 0.0562. The Morgan fingerprint density at radius 1 is 1.00 bits per heavy atom. The fraction of sp³-hybridized carbons (Fsp3) is 0.500. The predicted molar refractivity (Wildman–Crippen MR) is 119 cm³/mol. The number of nitrogens with zero attached hydrogens (tertiary/aromatic N) is 4. The first-order chi connectivity index (χ1) is 17.5. The molecule has 0 radical (unpaired) electrons. The first-order valence-corrected chi connectivity index (χ1v) is 10.9. The standard InChI is InChI=1S/C18H24N4O2.2C2HF3O2/c1-3-10-22-14-13-20(2)18(17(22)24)7-11-21(12-8-18)16(23)15-6-4-5-9-19-15;2*3-2(4,5)1(6)7/h3-6,9H,1,7-8,10-14H2,2H3;2*(H,6,7). The third-order valence-corrected chi connectivity index (χ3v) is 5.72. The molecule has 3 rings (SSSR count). The van der Waals surface area contributed by atoms with Crippen LogP contribution in [0.4, 0.5) is 26.3 Å². The second-order valence-electron chi connectivity index (χ2n) is 8.11. The van der Waals surface area contributed by atoms with Gasteiger partial charge >= 0.3 is 24.3 Å². The lowest BCUT2D eigenvalue weighted by Crippen LogP contribution is -2.67. The summed E-state index contributed by atoms with van der Waals surface area (Å²) in [6.07, 6.45) is -5.44. The lowest BCUT2D eigenvalue weighted by molar-refractivity contribution is -0.193. The van der Waals surface area contributed by atoms with E-state index < -0.39 is 29.8 Å². The topological polar surface area (TPSA) is 131 Å². The van der Waals surface area contributed by atoms with Crippen LogP contribution in [0.2, 0.25) is 0 Å². The lowest BCUT2D eigenvalue weighted by Gasteiger charge is -2.51. The molecular weight excluding hydrogens is 530 g/mol. The molecule has 1 spiro atoms. The van der Waals surface area contributed by atoms with Gasteiger partial charge in [-0.3, -0.25) is 19.5 Å². The Kier molecular flexibility index (Phi) is 11.2. The number of carbonyl (C=O) groups is 4. The van der Waals surface area contributed by atoms with E-state index >= 15 is 0 Å². The molecule has 0 aromatic carbocycles. The summed E-state index contributed by atoms with van der Waals surface area (Å²) < 4.78 is 63.5. The third kappa shape index (κ3) is 8.71. The molecule has 0 bridgehead atoms. The van der Waals surface area contributed by atoms with Crippen LogP contribution in [0.3, 0.4) is 0 Å². The van der Waals surface area contributed by atoms with Gasteiger partial charge in [0.2, 0.25) is 5.91 Å². The highest BCUT2D eigenvalue weighted by molar-refractivity contribution is 5.93. The molecule has 2 amide bonds. The van der Waals surface area contributed by atoms with E-state index in [-0.39, 0.29) is 11.8 Å². The van der Waals surface area contributed by atoms with Gasteiger partial charge in [0.05, 0.1) is 0 Å². The van der Waals surface area contributed by atoms with Crippen molar-refractivity contribution in [3.05, 3.63) is 42.7 Å². The van der Waals surface area contributed by atoms with E-state index in [9.17, 15) is 35.9 Å². The molecule has 2 aliphatic heterocycles. The Bertz CT molecular complexity index is 970. The summed E-state index contributed by atoms with van der Waals surface area (Å²) in [4.78, 5) is 53.3. The number of aliphatic carboxylic acids is 2. The summed E-state index contributed by atoms with van der Waals surface area (Å²) in [5.41, 5.74) is -0.0210. The average molecular weight is 556 g/mol. The SMILES string of the molecule is C=CCN1CCN(C)C2(CCN(C(=O)c3ccccn3)CC2)C1=O.O=C(O)C(F)(F)F.O=C(O)C(F)(F)F. The van der Waals surface area contributed by atoms with E-state index in [0.717, 1.165) is 13.1 Å². The van der Waals surface area contributed by atoms with E-state index in [2.05, 4.69) is 16.5 Å². The van der Waals surface area contributed by atoms with E-state index in [1.165, 1.54) is 0 Å². The number of halogens is 6. The number of alkyl halides is 6. The Hall–Kier alpha value is -3.69. The van der Waals surface area contributed by atoms with Crippen LogP contribution < -0.4 is 0 Å². The fourth-order valence-corrected chi connectivity index (χ4v) is 3.70. The van der Waals surface area contributed by atoms with E-state index in [1.807, 2.05) is 18.0 Å². The lowest BCUT2D eigenvalue weighted by atomic mass is 9.82. The van der Waals surface area contributed by atoms with E-state index in [0.29, 0.717) is 38.2 Å². The number of hydrogen-bond donors (Lipinski definition) is 2. The van der Waals surface area contributed by atoms with Gasteiger partial charge in [-0.1, -0.05) is 12.1 Å². The monoisotopic (exact) mass is 556 g/mol. The van der Waals surface area contributed by atoms with Crippen molar-refractivity contribution < 1.29 is 55.7 Å². The van der Waals surface area contributed by atoms with Gasteiger partial charge in [-0.15, -0.1) is 6.58 Å². The van der Waals surface area contributed by atoms with Crippen molar-refractivity contribution in [3.63, 3.8) is 0 Å². The van der Waals surface area contributed by atoms with Crippen LogP contribution in [0.25, 0.3) is 0 Å². The fourth-order valence-electron chi connectivity index (χ4n) is 3.70. The highest BCUT2D eigenvalue weighted by Gasteiger charge is 2.49. The Labute approximate surface area is 213 Å². The number of pyridine rings is 1. The van der Waals surface area contributed by atoms with Gasteiger partial charge < -0.3 is 20.0 Å². The van der Waals surface area contributed by atoms with Crippen LogP contribution in [0.5, 0.6) is 0 Å². The van der Waals surface area contributed by atoms with Gasteiger partial charge in [0.25, 0.3) is 5.91 Å². The molecule has 212 valence electrons. The number of aromatic nitrogens is 1. The average Bonchev–Trinajstić information content (AvgIpc) is 2.85. The minimum atomic E-state index is -5.08. The van der Waals surface area contributed by atoms with Crippen LogP contribution in [0, 0.1) is 0 Å². The van der Waals surface area contributed by atoms with Crippen molar-refractivity contribution in [1.29, 1.82) is 0 Å². The quantitative estimate of drug-likeness (QED) is 0.429. The summed E-state index contributed by atoms with van der Waals surface area (Å²) in [6.45, 7) is 7.08. The maximum atomic E-state index is 13.0. The predicted octanol–water partition coefficient (Wildman–Crippen LogP) is 2.28. The molecule has 1 aromatic heterocycles. The smallest absolute Gasteiger partial charge is 0.475 e. The molecule has 2 N–H and O–H groups in total. The second kappa shape index (κ2) is 13.2. The van der Waals surface area contributed by atoms with Gasteiger partial charge in [-0.25, -0.2) is 9.59 Å². The van der Waals surface area contributed by atoms with Crippen LogP contribution in [-0.4, -0.2) is 111 Å². The number of hydrogen-bond acceptors (Lipinski definition) is 6. The molecule has 38 heavy (non-hydrogen) atoms. The molecule has 2 fully saturated rings. The zero-order chi connectivity index (χ0) is 29.3. The zero-order valence-corrected chi connectivity index (χ0v) is 20.1. The minimum Gasteiger partial charge on any atom is -0.475 e.